The van der Waals surface area contributed by atoms with Crippen LogP contribution < -0.4 is 5.32 Å². The molecule has 1 aliphatic carbocycles. The number of nitrogens with zero attached hydrogens (tertiary/aromatic N) is 1. The molecule has 4 heteroatoms. The van der Waals surface area contributed by atoms with Crippen molar-refractivity contribution in [2.75, 3.05) is 6.54 Å². The van der Waals surface area contributed by atoms with Crippen LogP contribution in [0.25, 0.3) is 0 Å². The van der Waals surface area contributed by atoms with Gasteiger partial charge in [0.1, 0.15) is 0 Å². The Morgan fingerprint density at radius 1 is 1.42 bits per heavy atom. The molecule has 19 heavy (non-hydrogen) atoms. The van der Waals surface area contributed by atoms with E-state index in [-0.39, 0.29) is 6.04 Å². The summed E-state index contributed by atoms with van der Waals surface area (Å²) >= 11 is 1.85. The molecule has 2 heterocycles. The molecular weight excluding hydrogens is 256 g/mol. The SMILES string of the molecule is CC(C)NC1CCN(C2CCCc3sccc32)C1=O. The van der Waals surface area contributed by atoms with Crippen LogP contribution in [-0.2, 0) is 11.2 Å². The van der Waals surface area contributed by atoms with Gasteiger partial charge in [0.15, 0.2) is 0 Å². The molecule has 1 N–H and O–H groups in total. The number of amides is 1. The van der Waals surface area contributed by atoms with E-state index in [9.17, 15) is 4.79 Å². The molecule has 0 bridgehead atoms. The van der Waals surface area contributed by atoms with Crippen molar-refractivity contribution < 1.29 is 4.79 Å². The normalized spacial score (nSPS) is 27.1. The van der Waals surface area contributed by atoms with Gasteiger partial charge >= 0.3 is 0 Å². The van der Waals surface area contributed by atoms with E-state index in [0.29, 0.717) is 18.0 Å². The number of nitrogens with one attached hydrogen (secondary N) is 1. The third-order valence-electron chi connectivity index (χ3n) is 4.17. The summed E-state index contributed by atoms with van der Waals surface area (Å²) in [7, 11) is 0. The molecule has 2 atom stereocenters. The van der Waals surface area contributed by atoms with E-state index in [4.69, 9.17) is 0 Å². The van der Waals surface area contributed by atoms with Gasteiger partial charge in [-0.3, -0.25) is 4.79 Å². The molecular formula is C15H22N2OS. The van der Waals surface area contributed by atoms with Crippen molar-refractivity contribution in [3.05, 3.63) is 21.9 Å². The minimum Gasteiger partial charge on any atom is -0.334 e. The lowest BCUT2D eigenvalue weighted by atomic mass is 9.93. The van der Waals surface area contributed by atoms with E-state index in [0.717, 1.165) is 19.4 Å². The van der Waals surface area contributed by atoms with Gasteiger partial charge in [-0.1, -0.05) is 13.8 Å². The number of likely N-dealkylation sites (tertiary alicyclic amines) is 1. The minimum absolute atomic E-state index is 0.0315. The van der Waals surface area contributed by atoms with Crippen LogP contribution in [0.15, 0.2) is 11.4 Å². The lowest BCUT2D eigenvalue weighted by Gasteiger charge is -2.31. The van der Waals surface area contributed by atoms with Gasteiger partial charge in [0.2, 0.25) is 5.91 Å². The first-order valence-corrected chi connectivity index (χ1v) is 8.17. The van der Waals surface area contributed by atoms with Gasteiger partial charge in [0.25, 0.3) is 0 Å². The number of hydrogen-bond donors (Lipinski definition) is 1. The fourth-order valence-electron chi connectivity index (χ4n) is 3.35. The van der Waals surface area contributed by atoms with Crippen LogP contribution in [-0.4, -0.2) is 29.4 Å². The van der Waals surface area contributed by atoms with Crippen LogP contribution >= 0.6 is 11.3 Å². The molecule has 3 nitrogen and oxygen atoms in total. The van der Waals surface area contributed by atoms with Gasteiger partial charge in [-0.25, -0.2) is 0 Å². The Bertz CT molecular complexity index is 468. The maximum atomic E-state index is 12.5. The zero-order valence-electron chi connectivity index (χ0n) is 11.7. The Hall–Kier alpha value is -0.870. The van der Waals surface area contributed by atoms with Crippen molar-refractivity contribution in [2.45, 2.75) is 57.7 Å². The fraction of sp³-hybridized carbons (Fsp3) is 0.667. The quantitative estimate of drug-likeness (QED) is 0.922. The summed E-state index contributed by atoms with van der Waals surface area (Å²) in [4.78, 5) is 16.1. The van der Waals surface area contributed by atoms with Crippen LogP contribution in [0.2, 0.25) is 0 Å². The number of aryl methyl sites for hydroxylation is 1. The first kappa shape index (κ1) is 13.1. The highest BCUT2D eigenvalue weighted by atomic mass is 32.1. The van der Waals surface area contributed by atoms with Crippen LogP contribution in [0, 0.1) is 0 Å². The average molecular weight is 278 g/mol. The Kier molecular flexibility index (Phi) is 3.63. The Morgan fingerprint density at radius 2 is 2.26 bits per heavy atom. The molecule has 1 aromatic heterocycles. The summed E-state index contributed by atoms with van der Waals surface area (Å²) in [6, 6.07) is 2.96. The molecule has 104 valence electrons. The lowest BCUT2D eigenvalue weighted by Crippen LogP contribution is -2.42. The van der Waals surface area contributed by atoms with Gasteiger partial charge in [-0.15, -0.1) is 11.3 Å². The molecule has 3 rings (SSSR count). The second-order valence-electron chi connectivity index (χ2n) is 5.90. The number of rotatable bonds is 3. The first-order valence-electron chi connectivity index (χ1n) is 7.29. The van der Waals surface area contributed by atoms with Crippen LogP contribution in [0.4, 0.5) is 0 Å². The predicted octanol–water partition coefficient (Wildman–Crippen LogP) is 2.72. The summed E-state index contributed by atoms with van der Waals surface area (Å²) in [6.45, 7) is 5.12. The van der Waals surface area contributed by atoms with E-state index >= 15 is 0 Å². The summed E-state index contributed by atoms with van der Waals surface area (Å²) in [6.07, 6.45) is 4.49. The number of carbonyl (C=O) groups is 1. The number of hydrogen-bond acceptors (Lipinski definition) is 3. The molecule has 0 spiro atoms. The molecule has 1 aromatic rings. The predicted molar refractivity (Wildman–Crippen MR) is 78.4 cm³/mol. The van der Waals surface area contributed by atoms with Crippen molar-refractivity contribution in [1.29, 1.82) is 0 Å². The summed E-state index contributed by atoms with van der Waals surface area (Å²) in [5.74, 6) is 0.303. The van der Waals surface area contributed by atoms with E-state index in [1.165, 1.54) is 23.3 Å². The highest BCUT2D eigenvalue weighted by Crippen LogP contribution is 2.38. The third kappa shape index (κ3) is 2.43. The number of thiophene rings is 1. The highest BCUT2D eigenvalue weighted by molar-refractivity contribution is 7.10. The molecule has 0 saturated carbocycles. The largest absolute Gasteiger partial charge is 0.334 e. The van der Waals surface area contributed by atoms with E-state index in [1.54, 1.807) is 0 Å². The Morgan fingerprint density at radius 3 is 3.05 bits per heavy atom. The van der Waals surface area contributed by atoms with Crippen molar-refractivity contribution >= 4 is 17.2 Å². The van der Waals surface area contributed by atoms with Crippen molar-refractivity contribution in [3.8, 4) is 0 Å². The van der Waals surface area contributed by atoms with Crippen LogP contribution in [0.1, 0.15) is 49.6 Å². The molecule has 1 aliphatic heterocycles. The summed E-state index contributed by atoms with van der Waals surface area (Å²) < 4.78 is 0. The van der Waals surface area contributed by atoms with E-state index < -0.39 is 0 Å². The van der Waals surface area contributed by atoms with Crippen molar-refractivity contribution in [3.63, 3.8) is 0 Å². The Labute approximate surface area is 119 Å². The second kappa shape index (κ2) is 5.25. The number of carbonyl (C=O) groups excluding carboxylic acids is 1. The zero-order valence-corrected chi connectivity index (χ0v) is 12.5. The van der Waals surface area contributed by atoms with Crippen molar-refractivity contribution in [2.24, 2.45) is 0 Å². The monoisotopic (exact) mass is 278 g/mol. The highest BCUT2D eigenvalue weighted by Gasteiger charge is 2.38. The second-order valence-corrected chi connectivity index (χ2v) is 6.90. The molecule has 1 saturated heterocycles. The maximum absolute atomic E-state index is 12.5. The van der Waals surface area contributed by atoms with Gasteiger partial charge in [0, 0.05) is 17.5 Å². The molecule has 0 aromatic carbocycles. The fourth-order valence-corrected chi connectivity index (χ4v) is 4.34. The summed E-state index contributed by atoms with van der Waals surface area (Å²) in [5, 5.41) is 5.56. The molecule has 0 radical (unpaired) electrons. The summed E-state index contributed by atoms with van der Waals surface area (Å²) in [5.41, 5.74) is 1.41. The maximum Gasteiger partial charge on any atom is 0.240 e. The lowest BCUT2D eigenvalue weighted by molar-refractivity contribution is -0.131. The van der Waals surface area contributed by atoms with E-state index in [2.05, 4.69) is 35.5 Å². The number of fused-ring (bicyclic) bond motifs is 1. The third-order valence-corrected chi connectivity index (χ3v) is 5.17. The first-order chi connectivity index (χ1) is 9.16. The molecule has 2 aliphatic rings. The smallest absolute Gasteiger partial charge is 0.240 e. The van der Waals surface area contributed by atoms with Gasteiger partial charge in [-0.05, 0) is 42.7 Å². The van der Waals surface area contributed by atoms with Gasteiger partial charge in [-0.2, -0.15) is 0 Å². The topological polar surface area (TPSA) is 32.3 Å². The molecule has 2 unspecified atom stereocenters. The molecule has 1 amide bonds. The molecule has 1 fully saturated rings. The minimum atomic E-state index is 0.0315. The standard InChI is InChI=1S/C15H22N2OS/c1-10(2)16-12-6-8-17(15(12)18)13-4-3-5-14-11(13)7-9-19-14/h7,9-10,12-13,16H,3-6,8H2,1-2H3. The van der Waals surface area contributed by atoms with Crippen molar-refractivity contribution in [1.82, 2.24) is 10.2 Å². The van der Waals surface area contributed by atoms with Gasteiger partial charge in [0.05, 0.1) is 12.1 Å². The van der Waals surface area contributed by atoms with Gasteiger partial charge < -0.3 is 10.2 Å². The average Bonchev–Trinajstić information content (AvgIpc) is 2.97. The van der Waals surface area contributed by atoms with E-state index in [1.807, 2.05) is 11.3 Å². The van der Waals surface area contributed by atoms with Crippen LogP contribution in [0.5, 0.6) is 0 Å². The zero-order chi connectivity index (χ0) is 13.4. The van der Waals surface area contributed by atoms with Crippen LogP contribution in [0.3, 0.4) is 0 Å². The Balaban J connectivity index is 1.77.